The fraction of sp³-hybridized carbons (Fsp3) is 0.571. The van der Waals surface area contributed by atoms with Gasteiger partial charge in [0.1, 0.15) is 0 Å². The van der Waals surface area contributed by atoms with Crippen molar-refractivity contribution in [3.05, 3.63) is 29.3 Å². The number of hydrogen-bond donors (Lipinski definition) is 1. The summed E-state index contributed by atoms with van der Waals surface area (Å²) in [6.07, 6.45) is 5.17. The van der Waals surface area contributed by atoms with Crippen LogP contribution in [0.3, 0.4) is 0 Å². The molecule has 18 heavy (non-hydrogen) atoms. The van der Waals surface area contributed by atoms with Gasteiger partial charge in [0, 0.05) is 21.7 Å². The van der Waals surface area contributed by atoms with Crippen LogP contribution in [0.1, 0.15) is 25.7 Å². The summed E-state index contributed by atoms with van der Waals surface area (Å²) in [4.78, 5) is 0.873. The van der Waals surface area contributed by atoms with E-state index in [0.717, 1.165) is 4.90 Å². The summed E-state index contributed by atoms with van der Waals surface area (Å²) in [6.45, 7) is 0. The van der Waals surface area contributed by atoms with Gasteiger partial charge in [0.25, 0.3) is 0 Å². The second kappa shape index (κ2) is 6.69. The topological polar surface area (TPSA) is 29.1 Å². The highest BCUT2D eigenvalue weighted by molar-refractivity contribution is 7.85. The molecule has 0 bridgehead atoms. The van der Waals surface area contributed by atoms with E-state index < -0.39 is 10.8 Å². The standard InChI is InChI=1S/C14H20ClNOS/c1-16-14(11-4-2-3-5-11)10-18(17)13-8-6-12(15)7-9-13/h6-9,11,14,16H,2-5,10H2,1H3. The van der Waals surface area contributed by atoms with E-state index in [-0.39, 0.29) is 0 Å². The van der Waals surface area contributed by atoms with Crippen molar-refractivity contribution in [2.24, 2.45) is 5.92 Å². The van der Waals surface area contributed by atoms with E-state index in [1.807, 2.05) is 19.2 Å². The fourth-order valence-electron chi connectivity index (χ4n) is 2.66. The Morgan fingerprint density at radius 2 is 1.94 bits per heavy atom. The van der Waals surface area contributed by atoms with Crippen LogP contribution in [0.4, 0.5) is 0 Å². The molecule has 1 fully saturated rings. The van der Waals surface area contributed by atoms with E-state index in [2.05, 4.69) is 5.32 Å². The SMILES string of the molecule is CNC(CS(=O)c1ccc(Cl)cc1)C1CCCC1. The number of rotatable bonds is 5. The monoisotopic (exact) mass is 285 g/mol. The number of benzene rings is 1. The van der Waals surface area contributed by atoms with Crippen molar-refractivity contribution in [1.82, 2.24) is 5.32 Å². The average molecular weight is 286 g/mol. The van der Waals surface area contributed by atoms with Gasteiger partial charge in [0.2, 0.25) is 0 Å². The van der Waals surface area contributed by atoms with Crippen LogP contribution in [0.5, 0.6) is 0 Å². The Hall–Kier alpha value is -0.380. The third-order valence-corrected chi connectivity index (χ3v) is 5.46. The molecule has 4 heteroatoms. The molecule has 0 radical (unpaired) electrons. The van der Waals surface area contributed by atoms with Gasteiger partial charge in [-0.2, -0.15) is 0 Å². The molecule has 0 heterocycles. The van der Waals surface area contributed by atoms with Crippen LogP contribution in [0.2, 0.25) is 5.02 Å². The van der Waals surface area contributed by atoms with Gasteiger partial charge < -0.3 is 5.32 Å². The van der Waals surface area contributed by atoms with Gasteiger partial charge in [0.05, 0.1) is 10.8 Å². The van der Waals surface area contributed by atoms with Crippen molar-refractivity contribution in [1.29, 1.82) is 0 Å². The lowest BCUT2D eigenvalue weighted by atomic mass is 10.0. The molecule has 1 aliphatic carbocycles. The maximum absolute atomic E-state index is 12.3. The Bertz CT molecular complexity index is 401. The largest absolute Gasteiger partial charge is 0.316 e. The summed E-state index contributed by atoms with van der Waals surface area (Å²) in [6, 6.07) is 7.70. The molecule has 100 valence electrons. The first kappa shape index (κ1) is 14.0. The second-order valence-electron chi connectivity index (χ2n) is 4.91. The van der Waals surface area contributed by atoms with E-state index in [0.29, 0.717) is 22.7 Å². The number of hydrogen-bond acceptors (Lipinski definition) is 2. The molecule has 0 amide bonds. The predicted octanol–water partition coefficient (Wildman–Crippen LogP) is 3.23. The minimum absolute atomic E-state index is 0.365. The van der Waals surface area contributed by atoms with Crippen LogP contribution in [-0.2, 0) is 10.8 Å². The van der Waals surface area contributed by atoms with Crippen molar-refractivity contribution < 1.29 is 4.21 Å². The Balaban J connectivity index is 1.98. The van der Waals surface area contributed by atoms with Crippen LogP contribution in [0, 0.1) is 5.92 Å². The van der Waals surface area contributed by atoms with E-state index >= 15 is 0 Å². The molecule has 2 unspecified atom stereocenters. The zero-order valence-electron chi connectivity index (χ0n) is 10.7. The van der Waals surface area contributed by atoms with Gasteiger partial charge in [-0.05, 0) is 50.1 Å². The maximum atomic E-state index is 12.3. The molecule has 1 aromatic rings. The summed E-state index contributed by atoms with van der Waals surface area (Å²) in [5.74, 6) is 1.38. The van der Waals surface area contributed by atoms with Gasteiger partial charge in [-0.25, -0.2) is 0 Å². The predicted molar refractivity (Wildman–Crippen MR) is 77.5 cm³/mol. The average Bonchev–Trinajstić information content (AvgIpc) is 2.90. The highest BCUT2D eigenvalue weighted by Gasteiger charge is 2.25. The molecule has 2 rings (SSSR count). The quantitative estimate of drug-likeness (QED) is 0.900. The van der Waals surface area contributed by atoms with E-state index in [9.17, 15) is 4.21 Å². The first-order valence-corrected chi connectivity index (χ1v) is 8.21. The third-order valence-electron chi connectivity index (χ3n) is 3.75. The zero-order valence-corrected chi connectivity index (χ0v) is 12.3. The lowest BCUT2D eigenvalue weighted by Gasteiger charge is -2.22. The molecule has 0 aliphatic heterocycles. The van der Waals surface area contributed by atoms with Crippen molar-refractivity contribution in [2.45, 2.75) is 36.6 Å². The molecule has 1 N–H and O–H groups in total. The highest BCUT2D eigenvalue weighted by atomic mass is 35.5. The first-order valence-electron chi connectivity index (χ1n) is 6.52. The minimum atomic E-state index is -0.939. The molecule has 1 aliphatic rings. The molecule has 2 atom stereocenters. The normalized spacial score (nSPS) is 19.9. The summed E-state index contributed by atoms with van der Waals surface area (Å²) in [5, 5.41) is 4.03. The van der Waals surface area contributed by atoms with Crippen molar-refractivity contribution in [3.63, 3.8) is 0 Å². The van der Waals surface area contributed by atoms with E-state index in [4.69, 9.17) is 11.6 Å². The van der Waals surface area contributed by atoms with Gasteiger partial charge in [-0.15, -0.1) is 0 Å². The van der Waals surface area contributed by atoms with E-state index in [1.165, 1.54) is 25.7 Å². The number of nitrogens with one attached hydrogen (secondary N) is 1. The van der Waals surface area contributed by atoms with Crippen molar-refractivity contribution >= 4 is 22.4 Å². The number of halogens is 1. The van der Waals surface area contributed by atoms with Crippen LogP contribution in [-0.4, -0.2) is 23.1 Å². The first-order chi connectivity index (χ1) is 8.70. The third kappa shape index (κ3) is 3.56. The molecule has 1 saturated carbocycles. The summed E-state index contributed by atoms with van der Waals surface area (Å²) < 4.78 is 12.3. The smallest absolute Gasteiger partial charge is 0.0545 e. The lowest BCUT2D eigenvalue weighted by Crippen LogP contribution is -2.37. The van der Waals surface area contributed by atoms with Crippen molar-refractivity contribution in [3.8, 4) is 0 Å². The highest BCUT2D eigenvalue weighted by Crippen LogP contribution is 2.28. The Kier molecular flexibility index (Phi) is 5.22. The molecular formula is C14H20ClNOS. The maximum Gasteiger partial charge on any atom is 0.0545 e. The molecule has 2 nitrogen and oxygen atoms in total. The Morgan fingerprint density at radius 3 is 2.50 bits per heavy atom. The van der Waals surface area contributed by atoms with Crippen LogP contribution in [0.15, 0.2) is 29.2 Å². The zero-order chi connectivity index (χ0) is 13.0. The lowest BCUT2D eigenvalue weighted by molar-refractivity contribution is 0.408. The fourth-order valence-corrected chi connectivity index (χ4v) is 4.18. The van der Waals surface area contributed by atoms with Crippen LogP contribution < -0.4 is 5.32 Å². The molecule has 0 spiro atoms. The molecular weight excluding hydrogens is 266 g/mol. The summed E-state index contributed by atoms with van der Waals surface area (Å²) in [7, 11) is 1.04. The second-order valence-corrected chi connectivity index (χ2v) is 6.84. The Labute approximate surface area is 117 Å². The summed E-state index contributed by atoms with van der Waals surface area (Å²) in [5.41, 5.74) is 0. The van der Waals surface area contributed by atoms with Crippen molar-refractivity contribution in [2.75, 3.05) is 12.8 Å². The van der Waals surface area contributed by atoms with Gasteiger partial charge >= 0.3 is 0 Å². The van der Waals surface area contributed by atoms with Gasteiger partial charge in [0.15, 0.2) is 0 Å². The van der Waals surface area contributed by atoms with E-state index in [1.54, 1.807) is 12.1 Å². The summed E-state index contributed by atoms with van der Waals surface area (Å²) >= 11 is 5.84. The van der Waals surface area contributed by atoms with Crippen LogP contribution >= 0.6 is 11.6 Å². The molecule has 0 aromatic heterocycles. The minimum Gasteiger partial charge on any atom is -0.316 e. The molecule has 0 saturated heterocycles. The molecule has 1 aromatic carbocycles. The Morgan fingerprint density at radius 1 is 1.33 bits per heavy atom. The van der Waals surface area contributed by atoms with Gasteiger partial charge in [-0.3, -0.25) is 4.21 Å². The van der Waals surface area contributed by atoms with Gasteiger partial charge in [-0.1, -0.05) is 24.4 Å². The van der Waals surface area contributed by atoms with Crippen LogP contribution in [0.25, 0.3) is 0 Å².